The molecule has 0 spiro atoms. The smallest absolute Gasteiger partial charge is 0.353 e. The lowest BCUT2D eigenvalue weighted by Crippen LogP contribution is -2.13. The summed E-state index contributed by atoms with van der Waals surface area (Å²) < 4.78 is 4.52. The quantitative estimate of drug-likeness (QED) is 0.429. The van der Waals surface area contributed by atoms with Gasteiger partial charge in [0.25, 0.3) is 0 Å². The van der Waals surface area contributed by atoms with E-state index < -0.39 is 5.97 Å². The van der Waals surface area contributed by atoms with Crippen LogP contribution in [0, 0.1) is 5.92 Å². The first-order valence-electron chi connectivity index (χ1n) is 5.64. The lowest BCUT2D eigenvalue weighted by Gasteiger charge is -2.07. The summed E-state index contributed by atoms with van der Waals surface area (Å²) in [7, 11) is 1.33. The van der Waals surface area contributed by atoms with E-state index in [0.29, 0.717) is 5.92 Å². The predicted molar refractivity (Wildman–Crippen MR) is 66.7 cm³/mol. The highest BCUT2D eigenvalue weighted by Gasteiger charge is 2.05. The lowest BCUT2D eigenvalue weighted by molar-refractivity contribution is -0.136. The largest absolute Gasteiger partial charge is 0.464 e. The number of carbonyl (C=O) groups excluding carboxylic acids is 1. The third-order valence-corrected chi connectivity index (χ3v) is 2.37. The lowest BCUT2D eigenvalue weighted by atomic mass is 10.0. The Morgan fingerprint density at radius 2 is 2.00 bits per heavy atom. The first-order valence-corrected chi connectivity index (χ1v) is 5.64. The van der Waals surface area contributed by atoms with Crippen LogP contribution in [0.3, 0.4) is 0 Å². The Hall–Kier alpha value is -1.25. The summed E-state index contributed by atoms with van der Waals surface area (Å²) in [6, 6.07) is 0. The zero-order chi connectivity index (χ0) is 12.6. The fourth-order valence-electron chi connectivity index (χ4n) is 1.30. The number of rotatable bonds is 6. The molecule has 0 aromatic carbocycles. The Kier molecular flexibility index (Phi) is 7.34. The first-order chi connectivity index (χ1) is 7.47. The second kappa shape index (κ2) is 7.97. The minimum Gasteiger partial charge on any atom is -0.464 e. The van der Waals surface area contributed by atoms with E-state index in [2.05, 4.69) is 31.6 Å². The molecule has 3 nitrogen and oxygen atoms in total. The molecule has 1 unspecified atom stereocenters. The van der Waals surface area contributed by atoms with Crippen molar-refractivity contribution in [2.24, 2.45) is 11.7 Å². The van der Waals surface area contributed by atoms with Crippen molar-refractivity contribution in [2.75, 3.05) is 7.11 Å². The minimum absolute atomic E-state index is 0.205. The molecule has 0 rings (SSSR count). The maximum Gasteiger partial charge on any atom is 0.353 e. The minimum atomic E-state index is -0.448. The SMILES string of the molecule is COC(=O)C(N)=CCC(C)CCC=C(C)C. The van der Waals surface area contributed by atoms with E-state index in [1.165, 1.54) is 12.7 Å². The summed E-state index contributed by atoms with van der Waals surface area (Å²) in [5.41, 5.74) is 7.08. The maximum absolute atomic E-state index is 11.0. The van der Waals surface area contributed by atoms with E-state index in [1.54, 1.807) is 6.08 Å². The number of hydrogen-bond donors (Lipinski definition) is 1. The number of carbonyl (C=O) groups is 1. The van der Waals surface area contributed by atoms with Gasteiger partial charge in [0.1, 0.15) is 5.70 Å². The molecule has 0 saturated heterocycles. The molecule has 0 aliphatic heterocycles. The Labute approximate surface area is 98.4 Å². The van der Waals surface area contributed by atoms with Gasteiger partial charge < -0.3 is 10.5 Å². The molecular formula is C13H23NO2. The zero-order valence-corrected chi connectivity index (χ0v) is 10.7. The van der Waals surface area contributed by atoms with Crippen molar-refractivity contribution in [1.29, 1.82) is 0 Å². The summed E-state index contributed by atoms with van der Waals surface area (Å²) in [6.07, 6.45) is 6.98. The van der Waals surface area contributed by atoms with Crippen molar-refractivity contribution in [3.05, 3.63) is 23.4 Å². The Morgan fingerprint density at radius 1 is 1.38 bits per heavy atom. The molecule has 0 heterocycles. The van der Waals surface area contributed by atoms with Gasteiger partial charge in [-0.25, -0.2) is 4.79 Å². The van der Waals surface area contributed by atoms with Crippen molar-refractivity contribution in [2.45, 2.75) is 40.0 Å². The summed E-state index contributed by atoms with van der Waals surface area (Å²) in [5, 5.41) is 0. The molecule has 92 valence electrons. The molecular weight excluding hydrogens is 202 g/mol. The number of ether oxygens (including phenoxy) is 1. The third kappa shape index (κ3) is 7.10. The van der Waals surface area contributed by atoms with Crippen molar-refractivity contribution in [3.8, 4) is 0 Å². The van der Waals surface area contributed by atoms with Crippen LogP contribution in [-0.4, -0.2) is 13.1 Å². The molecule has 2 N–H and O–H groups in total. The topological polar surface area (TPSA) is 52.3 Å². The van der Waals surface area contributed by atoms with E-state index in [1.807, 2.05) is 0 Å². The van der Waals surface area contributed by atoms with Gasteiger partial charge in [-0.15, -0.1) is 0 Å². The fraction of sp³-hybridized carbons (Fsp3) is 0.615. The number of methoxy groups -OCH3 is 1. The van der Waals surface area contributed by atoms with Gasteiger partial charge in [-0.1, -0.05) is 24.6 Å². The molecule has 1 atom stereocenters. The summed E-state index contributed by atoms with van der Waals surface area (Å²) >= 11 is 0. The van der Waals surface area contributed by atoms with Crippen LogP contribution in [-0.2, 0) is 9.53 Å². The maximum atomic E-state index is 11.0. The van der Waals surface area contributed by atoms with Gasteiger partial charge in [0.05, 0.1) is 7.11 Å². The fourth-order valence-corrected chi connectivity index (χ4v) is 1.30. The van der Waals surface area contributed by atoms with Crippen LogP contribution in [0.4, 0.5) is 0 Å². The van der Waals surface area contributed by atoms with Gasteiger partial charge in [0.15, 0.2) is 0 Å². The van der Waals surface area contributed by atoms with Crippen molar-refractivity contribution < 1.29 is 9.53 Å². The van der Waals surface area contributed by atoms with Crippen LogP contribution in [0.5, 0.6) is 0 Å². The normalized spacial score (nSPS) is 13.1. The Morgan fingerprint density at radius 3 is 2.50 bits per heavy atom. The molecule has 0 saturated carbocycles. The van der Waals surface area contributed by atoms with E-state index >= 15 is 0 Å². The van der Waals surface area contributed by atoms with Gasteiger partial charge in [-0.3, -0.25) is 0 Å². The van der Waals surface area contributed by atoms with E-state index in [9.17, 15) is 4.79 Å². The number of nitrogens with two attached hydrogens (primary N) is 1. The van der Waals surface area contributed by atoms with Crippen LogP contribution in [0.2, 0.25) is 0 Å². The summed E-state index contributed by atoms with van der Waals surface area (Å²) in [4.78, 5) is 11.0. The Bertz CT molecular complexity index is 276. The number of esters is 1. The van der Waals surface area contributed by atoms with Crippen LogP contribution >= 0.6 is 0 Å². The van der Waals surface area contributed by atoms with Crippen LogP contribution in [0.25, 0.3) is 0 Å². The highest BCUT2D eigenvalue weighted by atomic mass is 16.5. The van der Waals surface area contributed by atoms with Crippen LogP contribution in [0.15, 0.2) is 23.4 Å². The molecule has 3 heteroatoms. The molecule has 0 amide bonds. The molecule has 0 aromatic rings. The number of hydrogen-bond acceptors (Lipinski definition) is 3. The average molecular weight is 225 g/mol. The average Bonchev–Trinajstić information content (AvgIpc) is 2.24. The van der Waals surface area contributed by atoms with Crippen LogP contribution in [0.1, 0.15) is 40.0 Å². The molecule has 0 bridgehead atoms. The van der Waals surface area contributed by atoms with E-state index in [0.717, 1.165) is 19.3 Å². The second-order valence-corrected chi connectivity index (χ2v) is 4.35. The predicted octanol–water partition coefficient (Wildman–Crippen LogP) is 2.77. The van der Waals surface area contributed by atoms with Crippen LogP contribution < -0.4 is 5.73 Å². The highest BCUT2D eigenvalue weighted by molar-refractivity contribution is 5.87. The second-order valence-electron chi connectivity index (χ2n) is 4.35. The molecule has 0 radical (unpaired) electrons. The summed E-state index contributed by atoms with van der Waals surface area (Å²) in [6.45, 7) is 6.35. The third-order valence-electron chi connectivity index (χ3n) is 2.37. The van der Waals surface area contributed by atoms with Crippen molar-refractivity contribution >= 4 is 5.97 Å². The molecule has 0 fully saturated rings. The molecule has 0 aliphatic rings. The summed E-state index contributed by atoms with van der Waals surface area (Å²) in [5.74, 6) is 0.0790. The van der Waals surface area contributed by atoms with E-state index in [4.69, 9.17) is 5.73 Å². The molecule has 0 aromatic heterocycles. The van der Waals surface area contributed by atoms with E-state index in [-0.39, 0.29) is 5.70 Å². The van der Waals surface area contributed by atoms with Crippen molar-refractivity contribution in [3.63, 3.8) is 0 Å². The highest BCUT2D eigenvalue weighted by Crippen LogP contribution is 2.13. The first kappa shape index (κ1) is 14.8. The monoisotopic (exact) mass is 225 g/mol. The van der Waals surface area contributed by atoms with Gasteiger partial charge in [-0.2, -0.15) is 0 Å². The van der Waals surface area contributed by atoms with Gasteiger partial charge in [-0.05, 0) is 39.0 Å². The Balaban J connectivity index is 3.92. The zero-order valence-electron chi connectivity index (χ0n) is 10.7. The van der Waals surface area contributed by atoms with Gasteiger partial charge in [0, 0.05) is 0 Å². The number of allylic oxidation sites excluding steroid dienone is 3. The molecule has 16 heavy (non-hydrogen) atoms. The standard InChI is InChI=1S/C13H23NO2/c1-10(2)6-5-7-11(3)8-9-12(14)13(15)16-4/h6,9,11H,5,7-8,14H2,1-4H3. The van der Waals surface area contributed by atoms with Gasteiger partial charge in [0.2, 0.25) is 0 Å². The molecule has 0 aliphatic carbocycles. The van der Waals surface area contributed by atoms with Gasteiger partial charge >= 0.3 is 5.97 Å². The van der Waals surface area contributed by atoms with Crippen molar-refractivity contribution in [1.82, 2.24) is 0 Å².